The number of benzene rings is 16. The third-order valence-corrected chi connectivity index (χ3v) is 21.3. The van der Waals surface area contributed by atoms with Crippen molar-refractivity contribution in [2.45, 2.75) is 189 Å². The van der Waals surface area contributed by atoms with E-state index in [0.717, 1.165) is 44.1 Å². The summed E-state index contributed by atoms with van der Waals surface area (Å²) < 4.78 is 0. The molecule has 0 aromatic heterocycles. The lowest BCUT2D eigenvalue weighted by Crippen LogP contribution is -1.97. The number of rotatable bonds is 28. The second kappa shape index (κ2) is 33.7. The van der Waals surface area contributed by atoms with Gasteiger partial charge < -0.3 is 14.4 Å². The topological polar surface area (TPSA) is 68.3 Å². The van der Waals surface area contributed by atoms with Gasteiger partial charge in [0.15, 0.2) is 0 Å². The maximum Gasteiger partial charge on any atom is 0.134 e. The summed E-state index contributed by atoms with van der Waals surface area (Å²) >= 11 is 0. The van der Waals surface area contributed by atoms with Gasteiger partial charge in [0.2, 0.25) is 0 Å². The molecular formula is C97H100O4. The Morgan fingerprint density at radius 1 is 0.198 bits per heavy atom. The second-order valence-corrected chi connectivity index (χ2v) is 28.8. The van der Waals surface area contributed by atoms with E-state index >= 15 is 0 Å². The monoisotopic (exact) mass is 1330 g/mol. The van der Waals surface area contributed by atoms with Crippen LogP contribution in [0.2, 0.25) is 0 Å². The molecule has 0 amide bonds. The molecule has 0 saturated carbocycles. The molecule has 0 aliphatic carbocycles. The van der Waals surface area contributed by atoms with Crippen LogP contribution in [-0.4, -0.2) is 23.1 Å². The van der Waals surface area contributed by atoms with E-state index in [1.54, 1.807) is 27.7 Å². The van der Waals surface area contributed by atoms with Crippen LogP contribution >= 0.6 is 0 Å². The molecule has 4 heteroatoms. The van der Waals surface area contributed by atoms with Crippen molar-refractivity contribution < 1.29 is 19.2 Å². The third kappa shape index (κ3) is 16.6. The largest absolute Gasteiger partial charge is 0.300 e. The smallest absolute Gasteiger partial charge is 0.134 e. The fourth-order valence-electron chi connectivity index (χ4n) is 16.3. The fourth-order valence-corrected chi connectivity index (χ4v) is 16.3. The molecule has 0 atom stereocenters. The van der Waals surface area contributed by atoms with E-state index < -0.39 is 0 Å². The first-order chi connectivity index (χ1) is 48.9. The van der Waals surface area contributed by atoms with Gasteiger partial charge in [0.25, 0.3) is 0 Å². The van der Waals surface area contributed by atoms with Crippen molar-refractivity contribution in [1.82, 2.24) is 0 Å². The number of aryl methyl sites for hydroxylation is 3. The van der Waals surface area contributed by atoms with Crippen molar-refractivity contribution in [2.24, 2.45) is 0 Å². The summed E-state index contributed by atoms with van der Waals surface area (Å²) in [4.78, 5) is 44.5. The van der Waals surface area contributed by atoms with Crippen LogP contribution in [0.15, 0.2) is 218 Å². The molecule has 0 heterocycles. The summed E-state index contributed by atoms with van der Waals surface area (Å²) in [6, 6.07) is 79.9. The highest BCUT2D eigenvalue weighted by Crippen LogP contribution is 2.41. The SMILES string of the molecule is C.CC(=O)CCCCCCCCCCCc1ccc2ccc3cccc4ccc1c2c34.CC(=O)CCCCCCCCCc1ccc2ccc3cccc4ccc1c2c34.CC(=O)CCCc1ccc2ccc3cccc4ccc1c2c34.CC(=O)Cc1ccc2ccc3cccc4ccc1c2c34. The van der Waals surface area contributed by atoms with E-state index in [2.05, 4.69) is 218 Å². The Kier molecular flexibility index (Phi) is 23.7. The highest BCUT2D eigenvalue weighted by atomic mass is 16.1. The number of unbranched alkanes of at least 4 members (excludes halogenated alkanes) is 14. The Morgan fingerprint density at radius 2 is 0.396 bits per heavy atom. The standard InChI is InChI=1S/C29H34O.C27H30O.C21H18O.C19H14O.CH4/c1-22(30)12-9-7-5-3-2-4-6-8-10-13-23-16-17-26-19-18-24-14-11-15-25-20-21-27(23)29(26)28(24)25;1-20(28)10-7-5-3-2-4-6-8-11-21-14-15-24-17-16-22-12-9-13-23-18-19-25(21)27(24)26(22)23;1-14(22)4-2-5-15-8-9-18-11-10-16-6-3-7-17-12-13-19(15)21(18)20(16)17;1-12(20)11-16-8-7-15-6-5-13-3-2-4-14-9-10-17(16)19(15)18(13)14;/h11,14-21H,2-10,12-13H2,1H3;9,12-19H,2-8,10-11H2,1H3;3,6-13H,2,4-5H2,1H3;2-10H,11H2,1H3;1H4. The van der Waals surface area contributed by atoms with Gasteiger partial charge in [-0.2, -0.15) is 0 Å². The van der Waals surface area contributed by atoms with Crippen molar-refractivity contribution in [1.29, 1.82) is 0 Å². The fraction of sp³-hybridized carbons (Fsp3) is 0.299. The molecular weight excluding hydrogens is 1230 g/mol. The number of carbonyl (C=O) groups is 4. The minimum absolute atomic E-state index is 0. The molecule has 0 saturated heterocycles. The van der Waals surface area contributed by atoms with E-state index in [9.17, 15) is 19.2 Å². The van der Waals surface area contributed by atoms with Gasteiger partial charge in [-0.1, -0.05) is 303 Å². The zero-order valence-corrected chi connectivity index (χ0v) is 59.4. The summed E-state index contributed by atoms with van der Waals surface area (Å²) in [5.41, 5.74) is 5.48. The van der Waals surface area contributed by atoms with E-state index in [1.807, 2.05) is 0 Å². The van der Waals surface area contributed by atoms with Gasteiger partial charge in [-0.25, -0.2) is 0 Å². The van der Waals surface area contributed by atoms with E-state index in [4.69, 9.17) is 0 Å². The first-order valence-corrected chi connectivity index (χ1v) is 37.5. The highest BCUT2D eigenvalue weighted by Gasteiger charge is 2.16. The van der Waals surface area contributed by atoms with E-state index in [0.29, 0.717) is 24.4 Å². The van der Waals surface area contributed by atoms with Crippen molar-refractivity contribution >= 4 is 152 Å². The molecule has 0 aliphatic rings. The Hall–Kier alpha value is -9.64. The van der Waals surface area contributed by atoms with E-state index in [-0.39, 0.29) is 19.0 Å². The molecule has 4 nitrogen and oxygen atoms in total. The third-order valence-electron chi connectivity index (χ3n) is 21.3. The van der Waals surface area contributed by atoms with Crippen LogP contribution in [0.25, 0.3) is 129 Å². The lowest BCUT2D eigenvalue weighted by molar-refractivity contribution is -0.117. The van der Waals surface area contributed by atoms with Crippen molar-refractivity contribution in [3.05, 3.63) is 241 Å². The number of carbonyl (C=O) groups excluding carboxylic acids is 4. The van der Waals surface area contributed by atoms with Gasteiger partial charge in [-0.05, 0) is 231 Å². The van der Waals surface area contributed by atoms with Crippen molar-refractivity contribution in [3.63, 3.8) is 0 Å². The lowest BCUT2D eigenvalue weighted by atomic mass is 9.90. The van der Waals surface area contributed by atoms with Crippen LogP contribution in [0.3, 0.4) is 0 Å². The van der Waals surface area contributed by atoms with Gasteiger partial charge >= 0.3 is 0 Å². The zero-order valence-electron chi connectivity index (χ0n) is 59.4. The van der Waals surface area contributed by atoms with Gasteiger partial charge in [-0.3, -0.25) is 4.79 Å². The summed E-state index contributed by atoms with van der Waals surface area (Å²) in [6.45, 7) is 6.71. The second-order valence-electron chi connectivity index (χ2n) is 28.8. The van der Waals surface area contributed by atoms with Gasteiger partial charge in [0.1, 0.15) is 23.1 Å². The minimum Gasteiger partial charge on any atom is -0.300 e. The summed E-state index contributed by atoms with van der Waals surface area (Å²) in [6.07, 6.45) is 27.2. The molecule has 0 spiro atoms. The predicted molar refractivity (Wildman–Crippen MR) is 437 cm³/mol. The first kappa shape index (κ1) is 71.2. The van der Waals surface area contributed by atoms with Crippen LogP contribution in [-0.2, 0) is 44.9 Å². The molecule has 16 rings (SSSR count). The molecule has 512 valence electrons. The van der Waals surface area contributed by atoms with Gasteiger partial charge in [-0.15, -0.1) is 0 Å². The Morgan fingerprint density at radius 3 is 0.663 bits per heavy atom. The Bertz CT molecular complexity index is 5410. The summed E-state index contributed by atoms with van der Waals surface area (Å²) in [5.74, 6) is 1.14. The van der Waals surface area contributed by atoms with E-state index in [1.165, 1.54) is 249 Å². The minimum atomic E-state index is 0. The van der Waals surface area contributed by atoms with Crippen LogP contribution in [0.4, 0.5) is 0 Å². The van der Waals surface area contributed by atoms with Gasteiger partial charge in [0, 0.05) is 25.7 Å². The van der Waals surface area contributed by atoms with Crippen molar-refractivity contribution in [3.8, 4) is 0 Å². The molecule has 16 aromatic rings. The summed E-state index contributed by atoms with van der Waals surface area (Å²) in [7, 11) is 0. The molecule has 16 aromatic carbocycles. The average molecular weight is 1330 g/mol. The number of hydrogen-bond donors (Lipinski definition) is 0. The molecule has 0 bridgehead atoms. The van der Waals surface area contributed by atoms with Crippen LogP contribution in [0, 0.1) is 0 Å². The molecule has 0 radical (unpaired) electrons. The zero-order chi connectivity index (χ0) is 68.9. The highest BCUT2D eigenvalue weighted by molar-refractivity contribution is 6.27. The number of hydrogen-bond acceptors (Lipinski definition) is 4. The number of Topliss-reactive ketones (excluding diaryl/α,β-unsaturated/α-hetero) is 4. The van der Waals surface area contributed by atoms with Crippen LogP contribution in [0.1, 0.15) is 186 Å². The quantitative estimate of drug-likeness (QED) is 0.0362. The van der Waals surface area contributed by atoms with Crippen LogP contribution in [0.5, 0.6) is 0 Å². The predicted octanol–water partition coefficient (Wildman–Crippen LogP) is 27.3. The van der Waals surface area contributed by atoms with Gasteiger partial charge in [0.05, 0.1) is 0 Å². The molecule has 0 N–H and O–H groups in total. The number of ketones is 4. The molecule has 0 aliphatic heterocycles. The average Bonchev–Trinajstić information content (AvgIpc) is 0.768. The Labute approximate surface area is 597 Å². The van der Waals surface area contributed by atoms with Crippen LogP contribution < -0.4 is 0 Å². The maximum atomic E-state index is 11.5. The lowest BCUT2D eigenvalue weighted by Gasteiger charge is -2.14. The first-order valence-electron chi connectivity index (χ1n) is 37.5. The Balaban J connectivity index is 0.000000128. The maximum absolute atomic E-state index is 11.5. The molecule has 101 heavy (non-hydrogen) atoms. The molecule has 0 fully saturated rings. The summed E-state index contributed by atoms with van der Waals surface area (Å²) in [5, 5.41) is 32.3. The normalized spacial score (nSPS) is 11.6. The molecule has 0 unspecified atom stereocenters. The van der Waals surface area contributed by atoms with Crippen molar-refractivity contribution in [2.75, 3.05) is 0 Å².